The van der Waals surface area contributed by atoms with Gasteiger partial charge in [-0.2, -0.15) is 5.10 Å². The van der Waals surface area contributed by atoms with Crippen molar-refractivity contribution in [3.63, 3.8) is 0 Å². The lowest BCUT2D eigenvalue weighted by atomic mass is 10.2. The standard InChI is InChI=1S/C13H13F2N3O/c1-7-5-12(19)13(8(2)16)17-18(7)9-3-4-10(14)11(15)6-9/h3-6,8H,16H2,1-2H3. The summed E-state index contributed by atoms with van der Waals surface area (Å²) in [5.74, 6) is -1.91. The van der Waals surface area contributed by atoms with Crippen molar-refractivity contribution in [1.29, 1.82) is 0 Å². The maximum absolute atomic E-state index is 13.2. The average Bonchev–Trinajstić information content (AvgIpc) is 2.32. The lowest BCUT2D eigenvalue weighted by molar-refractivity contribution is 0.507. The van der Waals surface area contributed by atoms with Gasteiger partial charge in [-0.3, -0.25) is 4.79 Å². The van der Waals surface area contributed by atoms with Crippen LogP contribution in [0.15, 0.2) is 29.1 Å². The first-order valence-corrected chi connectivity index (χ1v) is 5.72. The van der Waals surface area contributed by atoms with Crippen molar-refractivity contribution in [3.8, 4) is 5.69 Å². The van der Waals surface area contributed by atoms with Gasteiger partial charge in [0.25, 0.3) is 0 Å². The summed E-state index contributed by atoms with van der Waals surface area (Å²) >= 11 is 0. The van der Waals surface area contributed by atoms with Gasteiger partial charge in [-0.05, 0) is 26.0 Å². The molecule has 1 heterocycles. The van der Waals surface area contributed by atoms with E-state index < -0.39 is 17.7 Å². The minimum atomic E-state index is -0.972. The number of aromatic nitrogens is 2. The molecule has 0 aliphatic heterocycles. The van der Waals surface area contributed by atoms with Gasteiger partial charge in [0.2, 0.25) is 5.43 Å². The monoisotopic (exact) mass is 265 g/mol. The molecule has 0 amide bonds. The molecule has 100 valence electrons. The van der Waals surface area contributed by atoms with Crippen LogP contribution in [0.25, 0.3) is 5.69 Å². The van der Waals surface area contributed by atoms with Crippen LogP contribution in [0.3, 0.4) is 0 Å². The van der Waals surface area contributed by atoms with Crippen molar-refractivity contribution in [3.05, 3.63) is 57.5 Å². The van der Waals surface area contributed by atoms with E-state index in [1.54, 1.807) is 13.8 Å². The van der Waals surface area contributed by atoms with Gasteiger partial charge >= 0.3 is 0 Å². The maximum atomic E-state index is 13.2. The summed E-state index contributed by atoms with van der Waals surface area (Å²) in [6.45, 7) is 3.29. The van der Waals surface area contributed by atoms with Crippen molar-refractivity contribution in [2.24, 2.45) is 5.73 Å². The van der Waals surface area contributed by atoms with Crippen LogP contribution in [0.4, 0.5) is 8.78 Å². The minimum Gasteiger partial charge on any atom is -0.323 e. The molecular formula is C13H13F2N3O. The van der Waals surface area contributed by atoms with Crippen LogP contribution in [-0.2, 0) is 0 Å². The van der Waals surface area contributed by atoms with Gasteiger partial charge in [0.15, 0.2) is 11.6 Å². The molecule has 0 aliphatic rings. The molecule has 4 nitrogen and oxygen atoms in total. The number of halogens is 2. The fourth-order valence-electron chi connectivity index (χ4n) is 1.75. The van der Waals surface area contributed by atoms with Crippen LogP contribution >= 0.6 is 0 Å². The van der Waals surface area contributed by atoms with Crippen LogP contribution in [0, 0.1) is 18.6 Å². The van der Waals surface area contributed by atoms with E-state index in [0.29, 0.717) is 11.4 Å². The average molecular weight is 265 g/mol. The number of benzene rings is 1. The summed E-state index contributed by atoms with van der Waals surface area (Å²) in [6, 6.07) is 4.24. The molecule has 0 fully saturated rings. The molecule has 0 saturated heterocycles. The zero-order valence-electron chi connectivity index (χ0n) is 10.5. The summed E-state index contributed by atoms with van der Waals surface area (Å²) in [5.41, 5.74) is 6.41. The third-order valence-corrected chi connectivity index (χ3v) is 2.71. The summed E-state index contributed by atoms with van der Waals surface area (Å²) in [5, 5.41) is 4.10. The van der Waals surface area contributed by atoms with Crippen molar-refractivity contribution in [2.45, 2.75) is 19.9 Å². The normalized spacial score (nSPS) is 12.5. The third kappa shape index (κ3) is 2.53. The van der Waals surface area contributed by atoms with Gasteiger partial charge in [0, 0.05) is 23.9 Å². The molecule has 0 radical (unpaired) electrons. The largest absolute Gasteiger partial charge is 0.323 e. The second kappa shape index (κ2) is 4.89. The highest BCUT2D eigenvalue weighted by molar-refractivity contribution is 5.33. The quantitative estimate of drug-likeness (QED) is 0.901. The fraction of sp³-hybridized carbons (Fsp3) is 0.231. The van der Waals surface area contributed by atoms with E-state index in [4.69, 9.17) is 5.73 Å². The molecule has 6 heteroatoms. The Hall–Kier alpha value is -2.08. The van der Waals surface area contributed by atoms with E-state index in [-0.39, 0.29) is 11.1 Å². The Bertz CT molecular complexity index is 680. The lowest BCUT2D eigenvalue weighted by Gasteiger charge is -2.12. The summed E-state index contributed by atoms with van der Waals surface area (Å²) in [4.78, 5) is 11.7. The Balaban J connectivity index is 2.64. The Kier molecular flexibility index (Phi) is 3.44. The van der Waals surface area contributed by atoms with Gasteiger partial charge in [-0.1, -0.05) is 0 Å². The smallest absolute Gasteiger partial charge is 0.205 e. The van der Waals surface area contributed by atoms with Crippen molar-refractivity contribution in [1.82, 2.24) is 9.78 Å². The van der Waals surface area contributed by atoms with E-state index in [1.165, 1.54) is 16.8 Å². The van der Waals surface area contributed by atoms with Crippen LogP contribution in [0.2, 0.25) is 0 Å². The second-order valence-electron chi connectivity index (χ2n) is 4.33. The first-order valence-electron chi connectivity index (χ1n) is 5.72. The molecule has 0 spiro atoms. The first kappa shape index (κ1) is 13.4. The molecule has 1 unspecified atom stereocenters. The van der Waals surface area contributed by atoms with Gasteiger partial charge in [0.1, 0.15) is 5.69 Å². The predicted molar refractivity (Wildman–Crippen MR) is 67.1 cm³/mol. The SMILES string of the molecule is Cc1cc(=O)c(C(C)N)nn1-c1ccc(F)c(F)c1. The molecule has 2 rings (SSSR count). The molecule has 0 bridgehead atoms. The fourth-order valence-corrected chi connectivity index (χ4v) is 1.75. The molecule has 19 heavy (non-hydrogen) atoms. The van der Waals surface area contributed by atoms with Gasteiger partial charge < -0.3 is 5.73 Å². The van der Waals surface area contributed by atoms with Crippen LogP contribution in [0.1, 0.15) is 24.4 Å². The highest BCUT2D eigenvalue weighted by Gasteiger charge is 2.12. The highest BCUT2D eigenvalue weighted by atomic mass is 19.2. The molecule has 1 aromatic heterocycles. The van der Waals surface area contributed by atoms with Gasteiger partial charge in [-0.25, -0.2) is 13.5 Å². The Morgan fingerprint density at radius 2 is 1.95 bits per heavy atom. The minimum absolute atomic E-state index is 0.176. The van der Waals surface area contributed by atoms with E-state index in [2.05, 4.69) is 5.10 Å². The molecule has 2 aromatic rings. The number of aryl methyl sites for hydroxylation is 1. The van der Waals surface area contributed by atoms with E-state index in [1.807, 2.05) is 0 Å². The lowest BCUT2D eigenvalue weighted by Crippen LogP contribution is -2.24. The number of nitrogens with two attached hydrogens (primary N) is 1. The zero-order chi connectivity index (χ0) is 14.2. The molecule has 1 atom stereocenters. The number of rotatable bonds is 2. The van der Waals surface area contributed by atoms with Crippen LogP contribution in [-0.4, -0.2) is 9.78 Å². The summed E-state index contributed by atoms with van der Waals surface area (Å²) < 4.78 is 27.5. The Morgan fingerprint density at radius 1 is 1.26 bits per heavy atom. The molecule has 1 aromatic carbocycles. The molecule has 0 aliphatic carbocycles. The third-order valence-electron chi connectivity index (χ3n) is 2.71. The number of hydrogen-bond donors (Lipinski definition) is 1. The Morgan fingerprint density at radius 3 is 2.53 bits per heavy atom. The summed E-state index contributed by atoms with van der Waals surface area (Å²) in [7, 11) is 0. The Labute approximate surface area is 108 Å². The highest BCUT2D eigenvalue weighted by Crippen LogP contribution is 2.14. The van der Waals surface area contributed by atoms with Crippen molar-refractivity contribution < 1.29 is 8.78 Å². The molecular weight excluding hydrogens is 252 g/mol. The zero-order valence-corrected chi connectivity index (χ0v) is 10.5. The second-order valence-corrected chi connectivity index (χ2v) is 4.33. The van der Waals surface area contributed by atoms with Crippen molar-refractivity contribution >= 4 is 0 Å². The predicted octanol–water partition coefficient (Wildman–Crippen LogP) is 1.84. The van der Waals surface area contributed by atoms with E-state index in [0.717, 1.165) is 12.1 Å². The van der Waals surface area contributed by atoms with Crippen molar-refractivity contribution in [2.75, 3.05) is 0 Å². The van der Waals surface area contributed by atoms with Crippen LogP contribution in [0.5, 0.6) is 0 Å². The maximum Gasteiger partial charge on any atom is 0.205 e. The van der Waals surface area contributed by atoms with Crippen LogP contribution < -0.4 is 11.2 Å². The topological polar surface area (TPSA) is 60.9 Å². The first-order chi connectivity index (χ1) is 8.90. The molecule has 0 saturated carbocycles. The van der Waals surface area contributed by atoms with E-state index >= 15 is 0 Å². The number of nitrogens with zero attached hydrogens (tertiary/aromatic N) is 2. The van der Waals surface area contributed by atoms with Gasteiger partial charge in [-0.15, -0.1) is 0 Å². The van der Waals surface area contributed by atoms with E-state index in [9.17, 15) is 13.6 Å². The molecule has 2 N–H and O–H groups in total. The van der Waals surface area contributed by atoms with Gasteiger partial charge in [0.05, 0.1) is 5.69 Å². The summed E-state index contributed by atoms with van der Waals surface area (Å²) in [6.07, 6.45) is 0. The number of hydrogen-bond acceptors (Lipinski definition) is 3.